The van der Waals surface area contributed by atoms with Gasteiger partial charge >= 0.3 is 0 Å². The van der Waals surface area contributed by atoms with E-state index in [1.807, 2.05) is 32.3 Å². The highest BCUT2D eigenvalue weighted by Gasteiger charge is 1.98. The highest BCUT2D eigenvalue weighted by molar-refractivity contribution is 5.31. The molecule has 14 heavy (non-hydrogen) atoms. The van der Waals surface area contributed by atoms with Crippen LogP contribution in [0, 0.1) is 0 Å². The van der Waals surface area contributed by atoms with Crippen molar-refractivity contribution in [2.24, 2.45) is 0 Å². The molecule has 3 nitrogen and oxygen atoms in total. The van der Waals surface area contributed by atoms with Gasteiger partial charge in [0.2, 0.25) is 0 Å². The molecule has 0 bridgehead atoms. The number of phenols is 1. The molecule has 0 unspecified atom stereocenters. The van der Waals surface area contributed by atoms with Crippen molar-refractivity contribution in [3.8, 4) is 5.75 Å². The Morgan fingerprint density at radius 3 is 2.64 bits per heavy atom. The average Bonchev–Trinajstić information content (AvgIpc) is 2.15. The summed E-state index contributed by atoms with van der Waals surface area (Å²) in [6.07, 6.45) is 0. The summed E-state index contributed by atoms with van der Waals surface area (Å²) in [6.45, 7) is 2.66. The van der Waals surface area contributed by atoms with Gasteiger partial charge in [0.05, 0.1) is 0 Å². The third-order valence-electron chi connectivity index (χ3n) is 2.04. The molecule has 0 aliphatic heterocycles. The summed E-state index contributed by atoms with van der Waals surface area (Å²) in [6, 6.07) is 7.41. The third kappa shape index (κ3) is 3.77. The van der Waals surface area contributed by atoms with Crippen molar-refractivity contribution < 1.29 is 5.11 Å². The molecule has 0 radical (unpaired) electrons. The fourth-order valence-corrected chi connectivity index (χ4v) is 1.19. The van der Waals surface area contributed by atoms with Gasteiger partial charge in [-0.3, -0.25) is 0 Å². The highest BCUT2D eigenvalue weighted by atomic mass is 16.3. The molecule has 3 heteroatoms. The molecular formula is C11H18N2O. The average molecular weight is 194 g/mol. The van der Waals surface area contributed by atoms with E-state index in [1.54, 1.807) is 6.07 Å². The Morgan fingerprint density at radius 2 is 2.00 bits per heavy atom. The number of aromatic hydroxyl groups is 1. The van der Waals surface area contributed by atoms with Crippen LogP contribution in [-0.2, 0) is 6.54 Å². The van der Waals surface area contributed by atoms with E-state index in [-0.39, 0.29) is 0 Å². The van der Waals surface area contributed by atoms with E-state index in [2.05, 4.69) is 10.2 Å². The summed E-state index contributed by atoms with van der Waals surface area (Å²) in [5.41, 5.74) is 0.950. The van der Waals surface area contributed by atoms with Crippen molar-refractivity contribution in [2.45, 2.75) is 6.54 Å². The lowest BCUT2D eigenvalue weighted by Crippen LogP contribution is -2.26. The largest absolute Gasteiger partial charge is 0.508 e. The van der Waals surface area contributed by atoms with Crippen LogP contribution in [0.1, 0.15) is 5.56 Å². The molecule has 0 amide bonds. The second-order valence-electron chi connectivity index (χ2n) is 3.61. The highest BCUT2D eigenvalue weighted by Crippen LogP contribution is 2.14. The van der Waals surface area contributed by atoms with Crippen molar-refractivity contribution in [3.05, 3.63) is 29.8 Å². The van der Waals surface area contributed by atoms with Gasteiger partial charge in [-0.25, -0.2) is 0 Å². The SMILES string of the molecule is CN(C)CCNCc1ccccc1O. The van der Waals surface area contributed by atoms with Crippen molar-refractivity contribution in [3.63, 3.8) is 0 Å². The molecule has 0 fully saturated rings. The van der Waals surface area contributed by atoms with Crippen molar-refractivity contribution in [2.75, 3.05) is 27.2 Å². The normalized spacial score (nSPS) is 10.8. The molecule has 1 rings (SSSR count). The van der Waals surface area contributed by atoms with Crippen LogP contribution < -0.4 is 5.32 Å². The van der Waals surface area contributed by atoms with E-state index < -0.39 is 0 Å². The summed E-state index contributed by atoms with van der Waals surface area (Å²) in [7, 11) is 4.09. The minimum absolute atomic E-state index is 0.366. The van der Waals surface area contributed by atoms with Crippen LogP contribution in [0.3, 0.4) is 0 Å². The molecule has 0 atom stereocenters. The standard InChI is InChI=1S/C11H18N2O/c1-13(2)8-7-12-9-10-5-3-4-6-11(10)14/h3-6,12,14H,7-9H2,1-2H3. The monoisotopic (exact) mass is 194 g/mol. The Bertz CT molecular complexity index is 274. The number of nitrogens with one attached hydrogen (secondary N) is 1. The predicted molar refractivity (Wildman–Crippen MR) is 58.4 cm³/mol. The molecular weight excluding hydrogens is 176 g/mol. The summed E-state index contributed by atoms with van der Waals surface area (Å²) >= 11 is 0. The predicted octanol–water partition coefficient (Wildman–Crippen LogP) is 1.04. The Morgan fingerprint density at radius 1 is 1.29 bits per heavy atom. The summed E-state index contributed by atoms with van der Waals surface area (Å²) in [5.74, 6) is 0.366. The van der Waals surface area contributed by atoms with Crippen LogP contribution in [0.5, 0.6) is 5.75 Å². The molecule has 0 heterocycles. The van der Waals surface area contributed by atoms with Crippen LogP contribution in [-0.4, -0.2) is 37.2 Å². The molecule has 78 valence electrons. The fraction of sp³-hybridized carbons (Fsp3) is 0.455. The first kappa shape index (κ1) is 11.0. The van der Waals surface area contributed by atoms with E-state index in [0.717, 1.165) is 25.2 Å². The zero-order chi connectivity index (χ0) is 10.4. The van der Waals surface area contributed by atoms with Crippen LogP contribution >= 0.6 is 0 Å². The Balaban J connectivity index is 2.28. The minimum atomic E-state index is 0.366. The van der Waals surface area contributed by atoms with Gasteiger partial charge < -0.3 is 15.3 Å². The van der Waals surface area contributed by atoms with Gasteiger partial charge in [-0.1, -0.05) is 18.2 Å². The van der Waals surface area contributed by atoms with Crippen LogP contribution in [0.4, 0.5) is 0 Å². The summed E-state index contributed by atoms with van der Waals surface area (Å²) < 4.78 is 0. The maximum absolute atomic E-state index is 9.47. The zero-order valence-electron chi connectivity index (χ0n) is 8.83. The number of likely N-dealkylation sites (N-methyl/N-ethyl adjacent to an activating group) is 1. The van der Waals surface area contributed by atoms with Crippen LogP contribution in [0.2, 0.25) is 0 Å². The van der Waals surface area contributed by atoms with Gasteiger partial charge in [0, 0.05) is 25.2 Å². The number of benzene rings is 1. The van der Waals surface area contributed by atoms with E-state index in [1.165, 1.54) is 0 Å². The van der Waals surface area contributed by atoms with Crippen LogP contribution in [0.15, 0.2) is 24.3 Å². The summed E-state index contributed by atoms with van der Waals surface area (Å²) in [5, 5.41) is 12.7. The van der Waals surface area contributed by atoms with E-state index in [0.29, 0.717) is 5.75 Å². The molecule has 1 aromatic carbocycles. The van der Waals surface area contributed by atoms with Crippen molar-refractivity contribution >= 4 is 0 Å². The first-order valence-electron chi connectivity index (χ1n) is 4.82. The Hall–Kier alpha value is -1.06. The smallest absolute Gasteiger partial charge is 0.120 e. The Labute approximate surface area is 85.4 Å². The second kappa shape index (κ2) is 5.62. The molecule has 0 spiro atoms. The van der Waals surface area contributed by atoms with Gasteiger partial charge in [-0.05, 0) is 20.2 Å². The molecule has 1 aromatic rings. The summed E-state index contributed by atoms with van der Waals surface area (Å²) in [4.78, 5) is 2.12. The lowest BCUT2D eigenvalue weighted by atomic mass is 10.2. The van der Waals surface area contributed by atoms with Crippen molar-refractivity contribution in [1.82, 2.24) is 10.2 Å². The third-order valence-corrected chi connectivity index (χ3v) is 2.04. The number of phenolic OH excluding ortho intramolecular Hbond substituents is 1. The van der Waals surface area contributed by atoms with Gasteiger partial charge in [-0.2, -0.15) is 0 Å². The molecule has 0 saturated heterocycles. The number of rotatable bonds is 5. The van der Waals surface area contributed by atoms with Gasteiger partial charge in [0.25, 0.3) is 0 Å². The Kier molecular flexibility index (Phi) is 4.43. The number of nitrogens with zero attached hydrogens (tertiary/aromatic N) is 1. The first-order valence-corrected chi connectivity index (χ1v) is 4.82. The van der Waals surface area contributed by atoms with Gasteiger partial charge in [0.15, 0.2) is 0 Å². The number of hydrogen-bond acceptors (Lipinski definition) is 3. The maximum atomic E-state index is 9.47. The van der Waals surface area contributed by atoms with Gasteiger partial charge in [0.1, 0.15) is 5.75 Å². The fourth-order valence-electron chi connectivity index (χ4n) is 1.19. The topological polar surface area (TPSA) is 35.5 Å². The maximum Gasteiger partial charge on any atom is 0.120 e. The first-order chi connectivity index (χ1) is 6.70. The lowest BCUT2D eigenvalue weighted by molar-refractivity contribution is 0.398. The van der Waals surface area contributed by atoms with E-state index in [4.69, 9.17) is 0 Å². The van der Waals surface area contributed by atoms with Gasteiger partial charge in [-0.15, -0.1) is 0 Å². The molecule has 2 N–H and O–H groups in total. The number of para-hydroxylation sites is 1. The number of hydrogen-bond donors (Lipinski definition) is 2. The second-order valence-corrected chi connectivity index (χ2v) is 3.61. The molecule has 0 aliphatic rings. The molecule has 0 saturated carbocycles. The molecule has 0 aliphatic carbocycles. The molecule has 0 aromatic heterocycles. The zero-order valence-corrected chi connectivity index (χ0v) is 8.83. The van der Waals surface area contributed by atoms with Crippen LogP contribution in [0.25, 0.3) is 0 Å². The van der Waals surface area contributed by atoms with Crippen molar-refractivity contribution in [1.29, 1.82) is 0 Å². The van der Waals surface area contributed by atoms with E-state index >= 15 is 0 Å². The lowest BCUT2D eigenvalue weighted by Gasteiger charge is -2.10. The minimum Gasteiger partial charge on any atom is -0.508 e. The quantitative estimate of drug-likeness (QED) is 0.688. The van der Waals surface area contributed by atoms with E-state index in [9.17, 15) is 5.11 Å².